The number of fused-ring (bicyclic) bond motifs is 1. The highest BCUT2D eigenvalue weighted by Crippen LogP contribution is 2.30. The lowest BCUT2D eigenvalue weighted by molar-refractivity contribution is 0.0754. The van der Waals surface area contributed by atoms with Crippen molar-refractivity contribution in [1.82, 2.24) is 9.88 Å². The predicted octanol–water partition coefficient (Wildman–Crippen LogP) is 2.14. The first-order valence-corrected chi connectivity index (χ1v) is 6.91. The van der Waals surface area contributed by atoms with Crippen LogP contribution >= 0.6 is 0 Å². The molecule has 5 heteroatoms. The summed E-state index contributed by atoms with van der Waals surface area (Å²) in [6.07, 6.45) is 3.83. The van der Waals surface area contributed by atoms with Crippen LogP contribution in [0.4, 0.5) is 5.82 Å². The fourth-order valence-electron chi connectivity index (χ4n) is 2.59. The Morgan fingerprint density at radius 1 is 1.40 bits per heavy atom. The molecule has 0 bridgehead atoms. The van der Waals surface area contributed by atoms with Crippen molar-refractivity contribution in [2.45, 2.75) is 25.8 Å². The Morgan fingerprint density at radius 3 is 2.70 bits per heavy atom. The van der Waals surface area contributed by atoms with Crippen LogP contribution in [-0.4, -0.2) is 28.4 Å². The molecule has 0 atom stereocenters. The number of nitrogens with two attached hydrogens (primary N) is 1. The number of nitrogens with one attached hydrogen (secondary N) is 1. The first-order valence-electron chi connectivity index (χ1n) is 6.91. The second-order valence-electron chi connectivity index (χ2n) is 5.03. The van der Waals surface area contributed by atoms with Gasteiger partial charge in [0.25, 0.3) is 5.91 Å². The van der Waals surface area contributed by atoms with Crippen LogP contribution in [0.2, 0.25) is 0 Å². The van der Waals surface area contributed by atoms with E-state index in [4.69, 9.17) is 5.84 Å². The van der Waals surface area contributed by atoms with Crippen molar-refractivity contribution in [1.29, 1.82) is 0 Å². The summed E-state index contributed by atoms with van der Waals surface area (Å²) in [6.45, 7) is 2.75. The highest BCUT2D eigenvalue weighted by molar-refractivity contribution is 6.09. The summed E-state index contributed by atoms with van der Waals surface area (Å²) in [4.78, 5) is 18.9. The van der Waals surface area contributed by atoms with Gasteiger partial charge in [-0.15, -0.1) is 0 Å². The molecule has 3 N–H and O–H groups in total. The molecule has 1 aromatic carbocycles. The van der Waals surface area contributed by atoms with Crippen molar-refractivity contribution in [2.75, 3.05) is 12.0 Å². The number of nitrogens with zero attached hydrogens (tertiary/aromatic N) is 2. The maximum atomic E-state index is 12.7. The Bertz CT molecular complexity index is 651. The van der Waals surface area contributed by atoms with E-state index in [1.165, 1.54) is 0 Å². The van der Waals surface area contributed by atoms with Crippen LogP contribution in [0, 0.1) is 0 Å². The van der Waals surface area contributed by atoms with Crippen molar-refractivity contribution in [3.05, 3.63) is 36.0 Å². The van der Waals surface area contributed by atoms with Crippen LogP contribution in [-0.2, 0) is 0 Å². The number of hydrogen-bond acceptors (Lipinski definition) is 4. The number of carbonyl (C=O) groups excluding carboxylic acids is 1. The smallest absolute Gasteiger partial charge is 0.256 e. The molecule has 2 aromatic rings. The standard InChI is InChI=1S/C15H18N4O/c1-2-19(10-7-8-10)15(20)13-9-17-14(18-16)12-6-4-3-5-11(12)13/h3-6,9-10H,2,7-8,16H2,1H3,(H,17,18). The number of amides is 1. The van der Waals surface area contributed by atoms with Gasteiger partial charge in [0.2, 0.25) is 0 Å². The van der Waals surface area contributed by atoms with Crippen molar-refractivity contribution >= 4 is 22.5 Å². The zero-order chi connectivity index (χ0) is 14.1. The maximum absolute atomic E-state index is 12.7. The lowest BCUT2D eigenvalue weighted by Crippen LogP contribution is -2.33. The molecule has 3 rings (SSSR count). The van der Waals surface area contributed by atoms with E-state index >= 15 is 0 Å². The van der Waals surface area contributed by atoms with E-state index in [0.29, 0.717) is 17.4 Å². The van der Waals surface area contributed by atoms with Gasteiger partial charge in [0.15, 0.2) is 0 Å². The maximum Gasteiger partial charge on any atom is 0.256 e. The molecule has 0 aliphatic heterocycles. The number of hydrogen-bond donors (Lipinski definition) is 2. The van der Waals surface area contributed by atoms with E-state index in [1.54, 1.807) is 6.20 Å². The van der Waals surface area contributed by atoms with Crippen LogP contribution in [0.3, 0.4) is 0 Å². The molecular weight excluding hydrogens is 252 g/mol. The number of nitrogen functional groups attached to an aromatic ring is 1. The number of carbonyl (C=O) groups is 1. The van der Waals surface area contributed by atoms with Crippen LogP contribution < -0.4 is 11.3 Å². The van der Waals surface area contributed by atoms with Crippen molar-refractivity contribution < 1.29 is 4.79 Å². The molecule has 20 heavy (non-hydrogen) atoms. The third-order valence-electron chi connectivity index (χ3n) is 3.75. The number of anilines is 1. The van der Waals surface area contributed by atoms with Gasteiger partial charge in [0.05, 0.1) is 5.56 Å². The average Bonchev–Trinajstić information content (AvgIpc) is 3.31. The molecule has 0 unspecified atom stereocenters. The first kappa shape index (κ1) is 12.9. The van der Waals surface area contributed by atoms with E-state index in [-0.39, 0.29) is 5.91 Å². The zero-order valence-electron chi connectivity index (χ0n) is 11.5. The molecule has 1 aliphatic rings. The van der Waals surface area contributed by atoms with Gasteiger partial charge in [0.1, 0.15) is 5.82 Å². The van der Waals surface area contributed by atoms with E-state index < -0.39 is 0 Å². The fourth-order valence-corrected chi connectivity index (χ4v) is 2.59. The number of hydrazine groups is 1. The number of rotatable bonds is 4. The predicted molar refractivity (Wildman–Crippen MR) is 79.3 cm³/mol. The summed E-state index contributed by atoms with van der Waals surface area (Å²) in [5.41, 5.74) is 3.23. The highest BCUT2D eigenvalue weighted by Gasteiger charge is 2.32. The monoisotopic (exact) mass is 270 g/mol. The summed E-state index contributed by atoms with van der Waals surface area (Å²) in [5, 5.41) is 1.76. The second kappa shape index (κ2) is 5.09. The van der Waals surface area contributed by atoms with Gasteiger partial charge >= 0.3 is 0 Å². The van der Waals surface area contributed by atoms with E-state index in [2.05, 4.69) is 10.4 Å². The molecule has 1 saturated carbocycles. The molecular formula is C15H18N4O. The highest BCUT2D eigenvalue weighted by atomic mass is 16.2. The topological polar surface area (TPSA) is 71.2 Å². The van der Waals surface area contributed by atoms with Crippen LogP contribution in [0.15, 0.2) is 30.5 Å². The Kier molecular flexibility index (Phi) is 3.28. The van der Waals surface area contributed by atoms with Gasteiger partial charge in [-0.1, -0.05) is 24.3 Å². The number of pyridine rings is 1. The molecule has 104 valence electrons. The molecule has 1 aliphatic carbocycles. The van der Waals surface area contributed by atoms with Crippen molar-refractivity contribution in [3.8, 4) is 0 Å². The van der Waals surface area contributed by atoms with Crippen LogP contribution in [0.1, 0.15) is 30.1 Å². The Balaban J connectivity index is 2.09. The Hall–Kier alpha value is -2.14. The summed E-state index contributed by atoms with van der Waals surface area (Å²) in [6, 6.07) is 8.09. The lowest BCUT2D eigenvalue weighted by Gasteiger charge is -2.21. The van der Waals surface area contributed by atoms with Gasteiger partial charge in [-0.2, -0.15) is 0 Å². The van der Waals surface area contributed by atoms with Gasteiger partial charge < -0.3 is 10.3 Å². The lowest BCUT2D eigenvalue weighted by atomic mass is 10.1. The molecule has 0 radical (unpaired) electrons. The number of benzene rings is 1. The van der Waals surface area contributed by atoms with E-state index in [9.17, 15) is 4.79 Å². The normalized spacial score (nSPS) is 14.3. The van der Waals surface area contributed by atoms with Gasteiger partial charge in [-0.05, 0) is 25.2 Å². The summed E-state index contributed by atoms with van der Waals surface area (Å²) in [5.74, 6) is 6.13. The van der Waals surface area contributed by atoms with Crippen LogP contribution in [0.25, 0.3) is 10.8 Å². The van der Waals surface area contributed by atoms with Gasteiger partial charge in [0, 0.05) is 24.2 Å². The fraction of sp³-hybridized carbons (Fsp3) is 0.333. The quantitative estimate of drug-likeness (QED) is 0.659. The SMILES string of the molecule is CCN(C(=O)c1cnc(NN)c2ccccc12)C1CC1. The first-order chi connectivity index (χ1) is 9.76. The van der Waals surface area contributed by atoms with Crippen molar-refractivity contribution in [2.24, 2.45) is 5.84 Å². The second-order valence-corrected chi connectivity index (χ2v) is 5.03. The minimum atomic E-state index is 0.0577. The molecule has 1 fully saturated rings. The molecule has 5 nitrogen and oxygen atoms in total. The van der Waals surface area contributed by atoms with Gasteiger partial charge in [-0.25, -0.2) is 10.8 Å². The largest absolute Gasteiger partial charge is 0.336 e. The number of aromatic nitrogens is 1. The average molecular weight is 270 g/mol. The molecule has 1 heterocycles. The summed E-state index contributed by atoms with van der Waals surface area (Å²) >= 11 is 0. The minimum Gasteiger partial charge on any atom is -0.336 e. The van der Waals surface area contributed by atoms with E-state index in [1.807, 2.05) is 36.1 Å². The summed E-state index contributed by atoms with van der Waals surface area (Å²) in [7, 11) is 0. The Morgan fingerprint density at radius 2 is 2.10 bits per heavy atom. The molecule has 1 aromatic heterocycles. The molecule has 0 spiro atoms. The molecule has 1 amide bonds. The minimum absolute atomic E-state index is 0.0577. The molecule has 0 saturated heterocycles. The third-order valence-corrected chi connectivity index (χ3v) is 3.75. The zero-order valence-corrected chi connectivity index (χ0v) is 11.5. The van der Waals surface area contributed by atoms with E-state index in [0.717, 1.165) is 30.2 Å². The Labute approximate surface area is 117 Å². The third kappa shape index (κ3) is 2.10. The summed E-state index contributed by atoms with van der Waals surface area (Å²) < 4.78 is 0. The van der Waals surface area contributed by atoms with Crippen LogP contribution in [0.5, 0.6) is 0 Å². The van der Waals surface area contributed by atoms with Crippen molar-refractivity contribution in [3.63, 3.8) is 0 Å². The van der Waals surface area contributed by atoms with Gasteiger partial charge in [-0.3, -0.25) is 4.79 Å².